The van der Waals surface area contributed by atoms with Gasteiger partial charge in [0, 0.05) is 19.0 Å². The minimum absolute atomic E-state index is 0.116. The second kappa shape index (κ2) is 6.14. The summed E-state index contributed by atoms with van der Waals surface area (Å²) >= 11 is 5.74. The Kier molecular flexibility index (Phi) is 4.53. The van der Waals surface area contributed by atoms with Crippen LogP contribution < -0.4 is 0 Å². The van der Waals surface area contributed by atoms with Gasteiger partial charge in [0.15, 0.2) is 0 Å². The maximum atomic E-state index is 12.8. The third kappa shape index (κ3) is 3.19. The van der Waals surface area contributed by atoms with Gasteiger partial charge in [-0.15, -0.1) is 11.6 Å². The summed E-state index contributed by atoms with van der Waals surface area (Å²) < 4.78 is 12.8. The molecule has 2 rings (SSSR count). The zero-order valence-corrected chi connectivity index (χ0v) is 10.9. The molecule has 2 heterocycles. The van der Waals surface area contributed by atoms with Crippen molar-refractivity contribution in [1.29, 1.82) is 0 Å². The van der Waals surface area contributed by atoms with Crippen LogP contribution in [-0.4, -0.2) is 34.8 Å². The Hall–Kier alpha value is -1.16. The van der Waals surface area contributed by atoms with E-state index in [0.717, 1.165) is 38.5 Å². The first-order valence-electron chi connectivity index (χ1n) is 6.17. The van der Waals surface area contributed by atoms with E-state index in [1.54, 1.807) is 4.90 Å². The summed E-state index contributed by atoms with van der Waals surface area (Å²) in [5.41, 5.74) is 0.308. The highest BCUT2D eigenvalue weighted by atomic mass is 35.5. The van der Waals surface area contributed by atoms with Crippen LogP contribution in [0.5, 0.6) is 0 Å². The summed E-state index contributed by atoms with van der Waals surface area (Å²) in [7, 11) is 0. The molecule has 0 aromatic carbocycles. The van der Waals surface area contributed by atoms with E-state index in [-0.39, 0.29) is 5.91 Å². The molecule has 0 radical (unpaired) electrons. The van der Waals surface area contributed by atoms with Crippen molar-refractivity contribution in [2.75, 3.05) is 19.0 Å². The second-order valence-electron chi connectivity index (χ2n) is 4.60. The number of piperidine rings is 1. The lowest BCUT2D eigenvalue weighted by Gasteiger charge is -2.32. The summed E-state index contributed by atoms with van der Waals surface area (Å²) in [5.74, 6) is 0.557. The number of aromatic nitrogens is 1. The van der Waals surface area contributed by atoms with E-state index in [2.05, 4.69) is 4.98 Å². The Morgan fingerprint density at radius 2 is 2.39 bits per heavy atom. The molecule has 1 fully saturated rings. The van der Waals surface area contributed by atoms with E-state index in [0.29, 0.717) is 17.5 Å². The van der Waals surface area contributed by atoms with Crippen LogP contribution in [0.25, 0.3) is 0 Å². The van der Waals surface area contributed by atoms with Crippen molar-refractivity contribution in [3.63, 3.8) is 0 Å². The Bertz CT molecular complexity index is 408. The topological polar surface area (TPSA) is 33.2 Å². The van der Waals surface area contributed by atoms with Gasteiger partial charge in [-0.2, -0.15) is 0 Å². The van der Waals surface area contributed by atoms with Crippen LogP contribution in [0.3, 0.4) is 0 Å². The van der Waals surface area contributed by atoms with E-state index in [1.165, 1.54) is 12.1 Å². The molecule has 1 amide bonds. The molecule has 18 heavy (non-hydrogen) atoms. The van der Waals surface area contributed by atoms with Crippen molar-refractivity contribution < 1.29 is 9.18 Å². The number of nitrogens with zero attached hydrogens (tertiary/aromatic N) is 2. The molecule has 5 heteroatoms. The van der Waals surface area contributed by atoms with Gasteiger partial charge >= 0.3 is 0 Å². The van der Waals surface area contributed by atoms with Gasteiger partial charge in [0.05, 0.1) is 6.20 Å². The zero-order chi connectivity index (χ0) is 13.0. The predicted molar refractivity (Wildman–Crippen MR) is 68.2 cm³/mol. The molecule has 0 spiro atoms. The van der Waals surface area contributed by atoms with Crippen molar-refractivity contribution >= 4 is 17.5 Å². The van der Waals surface area contributed by atoms with Crippen molar-refractivity contribution in [2.45, 2.75) is 19.3 Å². The number of hydrogen-bond donors (Lipinski definition) is 0. The summed E-state index contributed by atoms with van der Waals surface area (Å²) in [6.07, 6.45) is 4.12. The first-order valence-corrected chi connectivity index (χ1v) is 6.71. The second-order valence-corrected chi connectivity index (χ2v) is 4.98. The first kappa shape index (κ1) is 13.3. The van der Waals surface area contributed by atoms with Gasteiger partial charge in [0.1, 0.15) is 11.5 Å². The number of likely N-dealkylation sites (tertiary alicyclic amines) is 1. The summed E-state index contributed by atoms with van der Waals surface area (Å²) in [5, 5.41) is 0. The Labute approximate surface area is 111 Å². The third-order valence-electron chi connectivity index (χ3n) is 3.27. The molecule has 1 aromatic heterocycles. The SMILES string of the molecule is O=C(c1ccc(F)cn1)N1CCCC(CCCl)C1. The average molecular weight is 271 g/mol. The summed E-state index contributed by atoms with van der Waals surface area (Å²) in [4.78, 5) is 17.8. The lowest BCUT2D eigenvalue weighted by atomic mass is 9.95. The Morgan fingerprint density at radius 1 is 1.56 bits per heavy atom. The maximum Gasteiger partial charge on any atom is 0.272 e. The van der Waals surface area contributed by atoms with Gasteiger partial charge in [-0.25, -0.2) is 9.37 Å². The largest absolute Gasteiger partial charge is 0.337 e. The van der Waals surface area contributed by atoms with Gasteiger partial charge < -0.3 is 4.90 Å². The van der Waals surface area contributed by atoms with Gasteiger partial charge in [0.2, 0.25) is 0 Å². The number of alkyl halides is 1. The number of rotatable bonds is 3. The summed E-state index contributed by atoms with van der Waals surface area (Å²) in [6.45, 7) is 1.47. The fourth-order valence-electron chi connectivity index (χ4n) is 2.30. The number of pyridine rings is 1. The minimum atomic E-state index is -0.426. The quantitative estimate of drug-likeness (QED) is 0.791. The average Bonchev–Trinajstić information content (AvgIpc) is 2.39. The molecule has 0 aliphatic carbocycles. The van der Waals surface area contributed by atoms with Gasteiger partial charge in [-0.1, -0.05) is 0 Å². The Balaban J connectivity index is 2.02. The van der Waals surface area contributed by atoms with Crippen LogP contribution in [-0.2, 0) is 0 Å². The van der Waals surface area contributed by atoms with E-state index >= 15 is 0 Å². The molecule has 0 saturated carbocycles. The summed E-state index contributed by atoms with van der Waals surface area (Å²) in [6, 6.07) is 2.70. The van der Waals surface area contributed by atoms with Crippen molar-refractivity contribution in [1.82, 2.24) is 9.88 Å². The number of carbonyl (C=O) groups excluding carboxylic acids is 1. The van der Waals surface area contributed by atoms with Crippen molar-refractivity contribution in [2.24, 2.45) is 5.92 Å². The molecule has 0 bridgehead atoms. The minimum Gasteiger partial charge on any atom is -0.337 e. The molecule has 1 unspecified atom stereocenters. The molecular weight excluding hydrogens is 255 g/mol. The predicted octanol–water partition coefficient (Wildman–Crippen LogP) is 2.70. The lowest BCUT2D eigenvalue weighted by molar-refractivity contribution is 0.0665. The monoisotopic (exact) mass is 270 g/mol. The van der Waals surface area contributed by atoms with Gasteiger partial charge in [-0.05, 0) is 37.3 Å². The van der Waals surface area contributed by atoms with Crippen LogP contribution in [0.15, 0.2) is 18.3 Å². The molecule has 1 aliphatic heterocycles. The number of amides is 1. The normalized spacial score (nSPS) is 19.9. The molecule has 1 aromatic rings. The molecule has 98 valence electrons. The van der Waals surface area contributed by atoms with Crippen molar-refractivity contribution in [3.8, 4) is 0 Å². The molecule has 1 atom stereocenters. The molecule has 1 saturated heterocycles. The van der Waals surface area contributed by atoms with Gasteiger partial charge in [-0.3, -0.25) is 4.79 Å². The van der Waals surface area contributed by atoms with Crippen LogP contribution >= 0.6 is 11.6 Å². The molecule has 3 nitrogen and oxygen atoms in total. The number of hydrogen-bond acceptors (Lipinski definition) is 2. The van der Waals surface area contributed by atoms with Crippen LogP contribution in [0, 0.1) is 11.7 Å². The van der Waals surface area contributed by atoms with Crippen LogP contribution in [0.4, 0.5) is 4.39 Å². The van der Waals surface area contributed by atoms with Crippen LogP contribution in [0.2, 0.25) is 0 Å². The highest BCUT2D eigenvalue weighted by molar-refractivity contribution is 6.17. The highest BCUT2D eigenvalue weighted by Gasteiger charge is 2.24. The third-order valence-corrected chi connectivity index (χ3v) is 3.49. The maximum absolute atomic E-state index is 12.8. The molecular formula is C13H16ClFN2O. The fraction of sp³-hybridized carbons (Fsp3) is 0.538. The van der Waals surface area contributed by atoms with E-state index in [1.807, 2.05) is 0 Å². The lowest BCUT2D eigenvalue weighted by Crippen LogP contribution is -2.40. The van der Waals surface area contributed by atoms with Gasteiger partial charge in [0.25, 0.3) is 5.91 Å². The standard InChI is InChI=1S/C13H16ClFN2O/c14-6-5-10-2-1-7-17(9-10)13(18)12-4-3-11(15)8-16-12/h3-4,8,10H,1-2,5-7,9H2. The number of halogens is 2. The van der Waals surface area contributed by atoms with E-state index in [9.17, 15) is 9.18 Å². The highest BCUT2D eigenvalue weighted by Crippen LogP contribution is 2.21. The van der Waals surface area contributed by atoms with Crippen molar-refractivity contribution in [3.05, 3.63) is 29.8 Å². The smallest absolute Gasteiger partial charge is 0.272 e. The Morgan fingerprint density at radius 3 is 3.06 bits per heavy atom. The van der Waals surface area contributed by atoms with Crippen LogP contribution in [0.1, 0.15) is 29.8 Å². The van der Waals surface area contributed by atoms with E-state index < -0.39 is 5.82 Å². The molecule has 0 N–H and O–H groups in total. The molecule has 1 aliphatic rings. The zero-order valence-electron chi connectivity index (χ0n) is 10.1. The fourth-order valence-corrected chi connectivity index (χ4v) is 2.61. The van der Waals surface area contributed by atoms with E-state index in [4.69, 9.17) is 11.6 Å². The number of carbonyl (C=O) groups is 1. The first-order chi connectivity index (χ1) is 8.70.